The van der Waals surface area contributed by atoms with E-state index in [1.807, 2.05) is 0 Å². The normalized spacial score (nSPS) is 20.2. The van der Waals surface area contributed by atoms with Crippen molar-refractivity contribution >= 4 is 33.3 Å². The summed E-state index contributed by atoms with van der Waals surface area (Å²) in [4.78, 5) is 23.2. The summed E-state index contributed by atoms with van der Waals surface area (Å²) >= 11 is 0. The van der Waals surface area contributed by atoms with Crippen molar-refractivity contribution in [3.8, 4) is 0 Å². The van der Waals surface area contributed by atoms with Crippen LogP contribution >= 0.6 is 0 Å². The monoisotopic (exact) mass is 382 g/mol. The van der Waals surface area contributed by atoms with Crippen molar-refractivity contribution in [1.82, 2.24) is 10.0 Å². The van der Waals surface area contributed by atoms with E-state index in [0.717, 1.165) is 25.7 Å². The molecule has 1 aliphatic rings. The largest absolute Gasteiger partial charge is 0.341 e. The Hall–Kier alpha value is -2.13. The van der Waals surface area contributed by atoms with Crippen LogP contribution in [0, 0.1) is 5.92 Å². The predicted octanol–water partition coefficient (Wildman–Crippen LogP) is 1.87. The average Bonchev–Trinajstić information content (AvgIpc) is 2.57. The predicted molar refractivity (Wildman–Crippen MR) is 101 cm³/mol. The first-order valence-corrected chi connectivity index (χ1v) is 10.3. The van der Waals surface area contributed by atoms with Crippen molar-refractivity contribution in [3.05, 3.63) is 24.3 Å². The minimum absolute atomic E-state index is 0.0842. The summed E-state index contributed by atoms with van der Waals surface area (Å²) in [6.07, 6.45) is 3.61. The maximum atomic E-state index is 12.2. The number of carbonyl (C=O) groups excluding carboxylic acids is 2. The Morgan fingerprint density at radius 1 is 1.00 bits per heavy atom. The van der Waals surface area contributed by atoms with E-state index in [4.69, 9.17) is 0 Å². The lowest BCUT2D eigenvalue weighted by atomic mass is 9.88. The molecule has 0 unspecified atom stereocenters. The fourth-order valence-corrected chi connectivity index (χ4v) is 4.12. The molecule has 0 bridgehead atoms. The van der Waals surface area contributed by atoms with Gasteiger partial charge in [-0.1, -0.05) is 6.92 Å². The third-order valence-electron chi connectivity index (χ3n) is 4.34. The van der Waals surface area contributed by atoms with Gasteiger partial charge < -0.3 is 16.0 Å². The van der Waals surface area contributed by atoms with Crippen LogP contribution in [0.15, 0.2) is 24.3 Å². The maximum Gasteiger partial charge on any atom is 0.318 e. The Morgan fingerprint density at radius 3 is 2.08 bits per heavy atom. The van der Waals surface area contributed by atoms with E-state index in [-0.39, 0.29) is 12.1 Å². The van der Waals surface area contributed by atoms with Crippen LogP contribution in [0.2, 0.25) is 0 Å². The van der Waals surface area contributed by atoms with E-state index in [2.05, 4.69) is 27.6 Å². The molecule has 9 heteroatoms. The highest BCUT2D eigenvalue weighted by atomic mass is 32.2. The zero-order chi connectivity index (χ0) is 19.2. The first-order chi connectivity index (χ1) is 12.3. The van der Waals surface area contributed by atoms with Crippen LogP contribution < -0.4 is 20.7 Å². The van der Waals surface area contributed by atoms with E-state index in [9.17, 15) is 18.0 Å². The summed E-state index contributed by atoms with van der Waals surface area (Å²) < 4.78 is 27.0. The van der Waals surface area contributed by atoms with E-state index < -0.39 is 21.7 Å². The number of amides is 3. The SMILES string of the molecule is CNC(=O)Nc1ccc(NC(=O)CS(=O)(=O)NC2CCC(C)CC2)cc1. The van der Waals surface area contributed by atoms with Gasteiger partial charge in [-0.25, -0.2) is 17.9 Å². The zero-order valence-electron chi connectivity index (χ0n) is 15.0. The van der Waals surface area contributed by atoms with Gasteiger partial charge in [0, 0.05) is 24.5 Å². The quantitative estimate of drug-likeness (QED) is 0.601. The van der Waals surface area contributed by atoms with Crippen LogP contribution in [-0.4, -0.2) is 39.2 Å². The van der Waals surface area contributed by atoms with Crippen LogP contribution in [0.5, 0.6) is 0 Å². The first-order valence-electron chi connectivity index (χ1n) is 8.66. The van der Waals surface area contributed by atoms with Crippen LogP contribution in [0.1, 0.15) is 32.6 Å². The third kappa shape index (κ3) is 6.64. The summed E-state index contributed by atoms with van der Waals surface area (Å²) in [5, 5.41) is 7.57. The molecular formula is C17H26N4O4S. The smallest absolute Gasteiger partial charge is 0.318 e. The molecule has 0 aromatic heterocycles. The first kappa shape index (κ1) is 20.2. The fourth-order valence-electron chi connectivity index (χ4n) is 2.87. The van der Waals surface area contributed by atoms with Crippen molar-refractivity contribution in [2.45, 2.75) is 38.6 Å². The van der Waals surface area contributed by atoms with Crippen LogP contribution in [0.4, 0.5) is 16.2 Å². The molecule has 3 amide bonds. The molecule has 1 saturated carbocycles. The number of hydrogen-bond donors (Lipinski definition) is 4. The van der Waals surface area contributed by atoms with Gasteiger partial charge in [-0.2, -0.15) is 0 Å². The Balaban J connectivity index is 1.84. The van der Waals surface area contributed by atoms with E-state index in [0.29, 0.717) is 17.3 Å². The number of carbonyl (C=O) groups is 2. The molecular weight excluding hydrogens is 356 g/mol. The number of nitrogens with one attached hydrogen (secondary N) is 4. The van der Waals surface area contributed by atoms with Gasteiger partial charge in [-0.3, -0.25) is 4.79 Å². The molecule has 0 spiro atoms. The lowest BCUT2D eigenvalue weighted by Crippen LogP contribution is -2.41. The second kappa shape index (κ2) is 9.00. The number of urea groups is 1. The number of anilines is 2. The molecule has 1 aliphatic carbocycles. The molecule has 1 aromatic rings. The topological polar surface area (TPSA) is 116 Å². The standard InChI is InChI=1S/C17H26N4O4S/c1-12-3-5-15(6-4-12)21-26(24,25)11-16(22)19-13-7-9-14(10-8-13)20-17(23)18-2/h7-10,12,15,21H,3-6,11H2,1-2H3,(H,19,22)(H2,18,20,23). The summed E-state index contributed by atoms with van der Waals surface area (Å²) in [7, 11) is -2.17. The second-order valence-corrected chi connectivity index (χ2v) is 8.42. The number of benzene rings is 1. The van der Waals surface area contributed by atoms with Crippen molar-refractivity contribution < 1.29 is 18.0 Å². The number of hydrogen-bond acceptors (Lipinski definition) is 4. The van der Waals surface area contributed by atoms with Gasteiger partial charge in [-0.05, 0) is 55.9 Å². The molecule has 0 atom stereocenters. The Labute approximate surface area is 154 Å². The van der Waals surface area contributed by atoms with Crippen LogP contribution in [0.25, 0.3) is 0 Å². The Kier molecular flexibility index (Phi) is 6.98. The highest BCUT2D eigenvalue weighted by Gasteiger charge is 2.24. The lowest BCUT2D eigenvalue weighted by molar-refractivity contribution is -0.113. The molecule has 1 aromatic carbocycles. The minimum atomic E-state index is -3.67. The van der Waals surface area contributed by atoms with Crippen molar-refractivity contribution in [2.24, 2.45) is 5.92 Å². The van der Waals surface area contributed by atoms with Gasteiger partial charge >= 0.3 is 6.03 Å². The maximum absolute atomic E-state index is 12.2. The molecule has 2 rings (SSSR count). The molecule has 0 aliphatic heterocycles. The number of sulfonamides is 1. The highest BCUT2D eigenvalue weighted by Crippen LogP contribution is 2.23. The van der Waals surface area contributed by atoms with Gasteiger partial charge in [0.1, 0.15) is 5.75 Å². The molecule has 8 nitrogen and oxygen atoms in total. The van der Waals surface area contributed by atoms with Gasteiger partial charge in [-0.15, -0.1) is 0 Å². The summed E-state index contributed by atoms with van der Waals surface area (Å²) in [6, 6.07) is 5.97. The minimum Gasteiger partial charge on any atom is -0.341 e. The van der Waals surface area contributed by atoms with E-state index >= 15 is 0 Å². The fraction of sp³-hybridized carbons (Fsp3) is 0.529. The molecule has 144 valence electrons. The molecule has 0 heterocycles. The van der Waals surface area contributed by atoms with Gasteiger partial charge in [0.15, 0.2) is 0 Å². The van der Waals surface area contributed by atoms with E-state index in [1.54, 1.807) is 24.3 Å². The van der Waals surface area contributed by atoms with E-state index in [1.165, 1.54) is 7.05 Å². The van der Waals surface area contributed by atoms with Gasteiger partial charge in [0.05, 0.1) is 0 Å². The Bertz CT molecular complexity index is 726. The molecule has 0 radical (unpaired) electrons. The molecule has 26 heavy (non-hydrogen) atoms. The Morgan fingerprint density at radius 2 is 1.54 bits per heavy atom. The van der Waals surface area contributed by atoms with Crippen molar-refractivity contribution in [1.29, 1.82) is 0 Å². The third-order valence-corrected chi connectivity index (χ3v) is 5.67. The zero-order valence-corrected chi connectivity index (χ0v) is 15.9. The second-order valence-electron chi connectivity index (χ2n) is 6.66. The summed E-state index contributed by atoms with van der Waals surface area (Å²) in [6.45, 7) is 2.16. The molecule has 4 N–H and O–H groups in total. The average molecular weight is 382 g/mol. The highest BCUT2D eigenvalue weighted by molar-refractivity contribution is 7.90. The summed E-state index contributed by atoms with van der Waals surface area (Å²) in [5.41, 5.74) is 1.02. The van der Waals surface area contributed by atoms with Gasteiger partial charge in [0.2, 0.25) is 15.9 Å². The van der Waals surface area contributed by atoms with Crippen molar-refractivity contribution in [2.75, 3.05) is 23.4 Å². The molecule has 0 saturated heterocycles. The van der Waals surface area contributed by atoms with Crippen molar-refractivity contribution in [3.63, 3.8) is 0 Å². The lowest BCUT2D eigenvalue weighted by Gasteiger charge is -2.26. The van der Waals surface area contributed by atoms with Crippen LogP contribution in [0.3, 0.4) is 0 Å². The van der Waals surface area contributed by atoms with Gasteiger partial charge in [0.25, 0.3) is 0 Å². The van der Waals surface area contributed by atoms with Crippen LogP contribution in [-0.2, 0) is 14.8 Å². The molecule has 1 fully saturated rings. The number of rotatable bonds is 6. The summed E-state index contributed by atoms with van der Waals surface area (Å²) in [5.74, 6) is -0.592.